The Labute approximate surface area is 179 Å². The van der Waals surface area contributed by atoms with Crippen molar-refractivity contribution in [2.45, 2.75) is 51.2 Å². The summed E-state index contributed by atoms with van der Waals surface area (Å²) < 4.78 is 6.50. The number of nitrogens with one attached hydrogen (secondary N) is 1. The van der Waals surface area contributed by atoms with E-state index in [4.69, 9.17) is 14.6 Å². The lowest BCUT2D eigenvalue weighted by molar-refractivity contribution is -0.123. The van der Waals surface area contributed by atoms with Crippen LogP contribution in [0.2, 0.25) is 0 Å². The molecule has 6 nitrogen and oxygen atoms in total. The number of carboxylic acid groups (broad SMARTS) is 1. The van der Waals surface area contributed by atoms with E-state index in [0.717, 1.165) is 44.6 Å². The van der Waals surface area contributed by atoms with Crippen LogP contribution in [0.25, 0.3) is 0 Å². The normalized spacial score (nSPS) is 28.9. The summed E-state index contributed by atoms with van der Waals surface area (Å²) in [6.45, 7) is 8.13. The Morgan fingerprint density at radius 2 is 2.07 bits per heavy atom. The Hall–Kier alpha value is -2.18. The number of benzene rings is 1. The van der Waals surface area contributed by atoms with Crippen LogP contribution in [0.5, 0.6) is 0 Å². The SMILES string of the molecule is CC(C)=CCCN1C[C@@H]2[C@H](CNC(=O)Cc3ccccc3)[C@H]3CC[C@]2(C1)O3.O=CO. The van der Waals surface area contributed by atoms with Gasteiger partial charge in [-0.2, -0.15) is 0 Å². The number of carbonyl (C=O) groups is 2. The van der Waals surface area contributed by atoms with E-state index in [9.17, 15) is 4.79 Å². The van der Waals surface area contributed by atoms with Crippen molar-refractivity contribution >= 4 is 12.4 Å². The first-order valence-electron chi connectivity index (χ1n) is 10.9. The number of amides is 1. The summed E-state index contributed by atoms with van der Waals surface area (Å²) in [5.74, 6) is 1.16. The van der Waals surface area contributed by atoms with E-state index in [-0.39, 0.29) is 18.0 Å². The monoisotopic (exact) mass is 414 g/mol. The standard InChI is InChI=1S/C23H32N2O2.CH2O2/c1-17(2)7-6-12-25-15-20-19(21-10-11-23(20,16-25)27-21)14-24-22(26)13-18-8-4-3-5-9-18;2-1-3/h3-5,7-9,19-21H,6,10-16H2,1-2H3,(H,24,26);1H,(H,2,3)/t19-,20+,21+,23+;/m0./s1. The molecule has 0 saturated carbocycles. The van der Waals surface area contributed by atoms with E-state index in [2.05, 4.69) is 30.1 Å². The van der Waals surface area contributed by atoms with Crippen molar-refractivity contribution in [1.29, 1.82) is 0 Å². The molecule has 1 amide bonds. The highest BCUT2D eigenvalue weighted by molar-refractivity contribution is 5.78. The molecule has 0 radical (unpaired) electrons. The number of allylic oxidation sites excluding steroid dienone is 1. The second kappa shape index (κ2) is 10.2. The molecular weight excluding hydrogens is 380 g/mol. The Morgan fingerprint density at radius 3 is 2.77 bits per heavy atom. The number of rotatable bonds is 7. The van der Waals surface area contributed by atoms with Crippen molar-refractivity contribution in [3.63, 3.8) is 0 Å². The Bertz CT molecular complexity index is 747. The minimum Gasteiger partial charge on any atom is -0.483 e. The zero-order chi connectivity index (χ0) is 21.6. The van der Waals surface area contributed by atoms with Crippen LogP contribution in [0.1, 0.15) is 38.7 Å². The lowest BCUT2D eigenvalue weighted by atomic mass is 9.73. The van der Waals surface area contributed by atoms with E-state index >= 15 is 0 Å². The van der Waals surface area contributed by atoms with Gasteiger partial charge < -0.3 is 15.2 Å². The molecule has 4 atom stereocenters. The highest BCUT2D eigenvalue weighted by Gasteiger charge is 2.62. The fourth-order valence-corrected chi connectivity index (χ4v) is 5.34. The Balaban J connectivity index is 0.000000806. The van der Waals surface area contributed by atoms with Gasteiger partial charge in [0.15, 0.2) is 0 Å². The first-order chi connectivity index (χ1) is 14.5. The number of ether oxygens (including phenoxy) is 1. The molecule has 0 aromatic heterocycles. The lowest BCUT2D eigenvalue weighted by Crippen LogP contribution is -2.42. The molecule has 1 aromatic rings. The van der Waals surface area contributed by atoms with Gasteiger partial charge in [0.1, 0.15) is 0 Å². The molecule has 1 spiro atoms. The van der Waals surface area contributed by atoms with Gasteiger partial charge in [-0.1, -0.05) is 42.0 Å². The molecule has 3 heterocycles. The van der Waals surface area contributed by atoms with Gasteiger partial charge in [-0.3, -0.25) is 14.5 Å². The van der Waals surface area contributed by atoms with Crippen LogP contribution >= 0.6 is 0 Å². The fourth-order valence-electron chi connectivity index (χ4n) is 5.34. The van der Waals surface area contributed by atoms with Gasteiger partial charge in [-0.05, 0) is 38.7 Å². The summed E-state index contributed by atoms with van der Waals surface area (Å²) in [6, 6.07) is 9.97. The molecule has 30 heavy (non-hydrogen) atoms. The van der Waals surface area contributed by atoms with Crippen LogP contribution in [0.15, 0.2) is 42.0 Å². The fraction of sp³-hybridized carbons (Fsp3) is 0.583. The first-order valence-corrected chi connectivity index (χ1v) is 10.9. The van der Waals surface area contributed by atoms with E-state index in [0.29, 0.717) is 24.4 Å². The maximum atomic E-state index is 12.4. The van der Waals surface area contributed by atoms with Gasteiger partial charge in [0.25, 0.3) is 6.47 Å². The average Bonchev–Trinajstić information content (AvgIpc) is 3.35. The second-order valence-electron chi connectivity index (χ2n) is 8.91. The summed E-state index contributed by atoms with van der Waals surface area (Å²) in [5, 5.41) is 10.1. The lowest BCUT2D eigenvalue weighted by Gasteiger charge is -2.29. The van der Waals surface area contributed by atoms with Crippen LogP contribution in [0.4, 0.5) is 0 Å². The minimum atomic E-state index is -0.250. The molecule has 2 bridgehead atoms. The van der Waals surface area contributed by atoms with Crippen LogP contribution in [0.3, 0.4) is 0 Å². The highest BCUT2D eigenvalue weighted by atomic mass is 16.5. The molecule has 3 aliphatic rings. The third-order valence-electron chi connectivity index (χ3n) is 6.59. The number of hydrogen-bond donors (Lipinski definition) is 2. The number of nitrogens with zero attached hydrogens (tertiary/aromatic N) is 1. The summed E-state index contributed by atoms with van der Waals surface area (Å²) >= 11 is 0. The largest absolute Gasteiger partial charge is 0.483 e. The van der Waals surface area contributed by atoms with Gasteiger partial charge in [0, 0.05) is 38.0 Å². The molecular formula is C24H34N2O4. The van der Waals surface area contributed by atoms with Crippen LogP contribution < -0.4 is 5.32 Å². The molecule has 3 saturated heterocycles. The molecule has 6 heteroatoms. The van der Waals surface area contributed by atoms with E-state index in [1.165, 1.54) is 12.0 Å². The minimum absolute atomic E-state index is 0.0600. The van der Waals surface area contributed by atoms with Crippen molar-refractivity contribution in [2.24, 2.45) is 11.8 Å². The van der Waals surface area contributed by atoms with Gasteiger partial charge in [-0.15, -0.1) is 0 Å². The molecule has 164 valence electrons. The van der Waals surface area contributed by atoms with Gasteiger partial charge in [0.05, 0.1) is 18.1 Å². The number of carbonyl (C=O) groups excluding carboxylic acids is 1. The zero-order valence-electron chi connectivity index (χ0n) is 18.0. The van der Waals surface area contributed by atoms with Gasteiger partial charge >= 0.3 is 0 Å². The smallest absolute Gasteiger partial charge is 0.290 e. The van der Waals surface area contributed by atoms with Crippen molar-refractivity contribution in [1.82, 2.24) is 10.2 Å². The predicted molar refractivity (Wildman–Crippen MR) is 116 cm³/mol. The van der Waals surface area contributed by atoms with Crippen LogP contribution in [0, 0.1) is 11.8 Å². The third-order valence-corrected chi connectivity index (χ3v) is 6.59. The molecule has 0 unspecified atom stereocenters. The first kappa shape index (κ1) is 22.5. The van der Waals surface area contributed by atoms with E-state index in [1.54, 1.807) is 0 Å². The van der Waals surface area contributed by atoms with Crippen LogP contribution in [-0.2, 0) is 20.7 Å². The molecule has 2 N–H and O–H groups in total. The highest BCUT2D eigenvalue weighted by Crippen LogP contribution is 2.54. The number of hydrogen-bond acceptors (Lipinski definition) is 4. The van der Waals surface area contributed by atoms with E-state index < -0.39 is 0 Å². The Morgan fingerprint density at radius 1 is 1.33 bits per heavy atom. The molecule has 0 aliphatic carbocycles. The van der Waals surface area contributed by atoms with E-state index in [1.807, 2.05) is 30.3 Å². The zero-order valence-corrected chi connectivity index (χ0v) is 18.0. The summed E-state index contributed by atoms with van der Waals surface area (Å²) in [7, 11) is 0. The molecule has 4 rings (SSSR count). The maximum absolute atomic E-state index is 12.4. The number of fused-ring (bicyclic) bond motifs is 1. The Kier molecular flexibility index (Phi) is 7.67. The topological polar surface area (TPSA) is 78.9 Å². The molecule has 3 fully saturated rings. The van der Waals surface area contributed by atoms with Crippen molar-refractivity contribution in [2.75, 3.05) is 26.2 Å². The maximum Gasteiger partial charge on any atom is 0.290 e. The van der Waals surface area contributed by atoms with Crippen molar-refractivity contribution in [3.8, 4) is 0 Å². The van der Waals surface area contributed by atoms with Crippen molar-refractivity contribution in [3.05, 3.63) is 47.5 Å². The summed E-state index contributed by atoms with van der Waals surface area (Å²) in [4.78, 5) is 23.3. The average molecular weight is 415 g/mol. The molecule has 1 aromatic carbocycles. The summed E-state index contributed by atoms with van der Waals surface area (Å²) in [6.07, 6.45) is 6.59. The van der Waals surface area contributed by atoms with Crippen LogP contribution in [-0.4, -0.2) is 60.3 Å². The molecule has 3 aliphatic heterocycles. The third kappa shape index (κ3) is 5.29. The predicted octanol–water partition coefficient (Wildman–Crippen LogP) is 2.88. The van der Waals surface area contributed by atoms with Gasteiger partial charge in [0.2, 0.25) is 5.91 Å². The second-order valence-corrected chi connectivity index (χ2v) is 8.91. The number of likely N-dealkylation sites (tertiary alicyclic amines) is 1. The quantitative estimate of drug-likeness (QED) is 0.530. The van der Waals surface area contributed by atoms with Gasteiger partial charge in [-0.25, -0.2) is 0 Å². The summed E-state index contributed by atoms with van der Waals surface area (Å²) in [5.41, 5.74) is 2.52. The van der Waals surface area contributed by atoms with Crippen molar-refractivity contribution < 1.29 is 19.4 Å².